The van der Waals surface area contributed by atoms with Gasteiger partial charge in [-0.1, -0.05) is 0 Å². The fourth-order valence-corrected chi connectivity index (χ4v) is 2.66. The molecule has 112 valence electrons. The molecule has 0 atom stereocenters. The van der Waals surface area contributed by atoms with Crippen LogP contribution in [-0.4, -0.2) is 43.5 Å². The third-order valence-electron chi connectivity index (χ3n) is 3.12. The summed E-state index contributed by atoms with van der Waals surface area (Å²) in [5.41, 5.74) is -0.134. The lowest BCUT2D eigenvalue weighted by Gasteiger charge is -2.34. The standard InChI is InChI=1S/C11H13F3N2O3S/c12-11(13,14)9-1-3-10(4-2-9)15-5-7-16(8-6-15)20(17,18)19/h1-4H,5-8H2,(H,17,18,19). The molecule has 1 saturated heterocycles. The Labute approximate surface area is 114 Å². The summed E-state index contributed by atoms with van der Waals surface area (Å²) < 4.78 is 68.9. The quantitative estimate of drug-likeness (QED) is 0.844. The second-order valence-corrected chi connectivity index (χ2v) is 5.82. The van der Waals surface area contributed by atoms with Crippen LogP contribution in [0.5, 0.6) is 0 Å². The summed E-state index contributed by atoms with van der Waals surface area (Å²) in [6.07, 6.45) is -4.37. The number of hydrogen-bond acceptors (Lipinski definition) is 3. The van der Waals surface area contributed by atoms with Crippen molar-refractivity contribution in [1.82, 2.24) is 4.31 Å². The Bertz CT molecular complexity index is 564. The van der Waals surface area contributed by atoms with Gasteiger partial charge in [0.15, 0.2) is 0 Å². The number of benzene rings is 1. The minimum atomic E-state index is -4.37. The Balaban J connectivity index is 2.04. The first-order valence-corrected chi connectivity index (χ1v) is 7.22. The molecule has 0 bridgehead atoms. The van der Waals surface area contributed by atoms with Crippen LogP contribution in [0.3, 0.4) is 0 Å². The van der Waals surface area contributed by atoms with E-state index in [1.165, 1.54) is 12.1 Å². The summed E-state index contributed by atoms with van der Waals surface area (Å²) in [6, 6.07) is 4.69. The average molecular weight is 310 g/mol. The smallest absolute Gasteiger partial charge is 0.369 e. The zero-order chi connectivity index (χ0) is 15.0. The first-order chi connectivity index (χ1) is 9.18. The zero-order valence-corrected chi connectivity index (χ0v) is 11.2. The molecule has 2 rings (SSSR count). The predicted molar refractivity (Wildman–Crippen MR) is 66.8 cm³/mol. The van der Waals surface area contributed by atoms with Crippen LogP contribution < -0.4 is 4.90 Å². The fourth-order valence-electron chi connectivity index (χ4n) is 2.04. The second-order valence-electron chi connectivity index (χ2n) is 4.41. The van der Waals surface area contributed by atoms with Gasteiger partial charge in [-0.3, -0.25) is 4.55 Å². The van der Waals surface area contributed by atoms with Gasteiger partial charge in [0.05, 0.1) is 5.56 Å². The minimum Gasteiger partial charge on any atom is -0.369 e. The molecule has 0 unspecified atom stereocenters. The minimum absolute atomic E-state index is 0.0971. The Kier molecular flexibility index (Phi) is 3.94. The molecular formula is C11H13F3N2O3S. The third-order valence-corrected chi connectivity index (χ3v) is 4.14. The average Bonchev–Trinajstić information content (AvgIpc) is 2.37. The highest BCUT2D eigenvalue weighted by atomic mass is 32.2. The van der Waals surface area contributed by atoms with Gasteiger partial charge in [-0.05, 0) is 24.3 Å². The molecule has 0 spiro atoms. The molecule has 20 heavy (non-hydrogen) atoms. The van der Waals surface area contributed by atoms with E-state index in [2.05, 4.69) is 0 Å². The van der Waals surface area contributed by atoms with E-state index < -0.39 is 22.0 Å². The van der Waals surface area contributed by atoms with Gasteiger partial charge in [-0.15, -0.1) is 0 Å². The summed E-state index contributed by atoms with van der Waals surface area (Å²) in [4.78, 5) is 1.77. The Morgan fingerprint density at radius 3 is 1.90 bits per heavy atom. The lowest BCUT2D eigenvalue weighted by atomic mass is 10.2. The highest BCUT2D eigenvalue weighted by Crippen LogP contribution is 2.30. The molecule has 5 nitrogen and oxygen atoms in total. The van der Waals surface area contributed by atoms with Crippen LogP contribution in [0, 0.1) is 0 Å². The summed E-state index contributed by atoms with van der Waals surface area (Å²) in [5.74, 6) is 0. The van der Waals surface area contributed by atoms with Gasteiger partial charge in [-0.2, -0.15) is 25.9 Å². The first kappa shape index (κ1) is 15.1. The molecule has 0 amide bonds. The van der Waals surface area contributed by atoms with Crippen molar-refractivity contribution >= 4 is 16.0 Å². The Morgan fingerprint density at radius 2 is 1.50 bits per heavy atom. The fraction of sp³-hybridized carbons (Fsp3) is 0.455. The SMILES string of the molecule is O=S(=O)(O)N1CCN(c2ccc(C(F)(F)F)cc2)CC1. The van der Waals surface area contributed by atoms with Gasteiger partial charge in [0.2, 0.25) is 0 Å². The Morgan fingerprint density at radius 1 is 1.00 bits per heavy atom. The summed E-state index contributed by atoms with van der Waals surface area (Å²) >= 11 is 0. The number of alkyl halides is 3. The van der Waals surface area contributed by atoms with E-state index in [1.807, 2.05) is 0 Å². The lowest BCUT2D eigenvalue weighted by molar-refractivity contribution is -0.137. The molecule has 1 aromatic carbocycles. The van der Waals surface area contributed by atoms with Gasteiger partial charge < -0.3 is 4.90 Å². The topological polar surface area (TPSA) is 60.9 Å². The normalized spacial score (nSPS) is 18.3. The zero-order valence-electron chi connectivity index (χ0n) is 10.3. The summed E-state index contributed by atoms with van der Waals surface area (Å²) in [5, 5.41) is 0. The molecule has 0 radical (unpaired) electrons. The largest absolute Gasteiger partial charge is 0.416 e. The van der Waals surface area contributed by atoms with E-state index in [9.17, 15) is 21.6 Å². The predicted octanol–water partition coefficient (Wildman–Crippen LogP) is 1.63. The first-order valence-electron chi connectivity index (χ1n) is 5.83. The van der Waals surface area contributed by atoms with Crippen molar-refractivity contribution in [2.24, 2.45) is 0 Å². The maximum Gasteiger partial charge on any atom is 0.416 e. The molecule has 9 heteroatoms. The van der Waals surface area contributed by atoms with Crippen LogP contribution in [0.1, 0.15) is 5.56 Å². The second kappa shape index (κ2) is 5.23. The highest BCUT2D eigenvalue weighted by molar-refractivity contribution is 7.83. The molecule has 0 saturated carbocycles. The van der Waals surface area contributed by atoms with Crippen molar-refractivity contribution in [3.05, 3.63) is 29.8 Å². The van der Waals surface area contributed by atoms with Crippen molar-refractivity contribution in [3.8, 4) is 0 Å². The number of rotatable bonds is 2. The molecular weight excluding hydrogens is 297 g/mol. The van der Waals surface area contributed by atoms with Gasteiger partial charge in [0, 0.05) is 31.9 Å². The van der Waals surface area contributed by atoms with E-state index >= 15 is 0 Å². The molecule has 1 aliphatic heterocycles. The summed E-state index contributed by atoms with van der Waals surface area (Å²) in [7, 11) is -4.20. The van der Waals surface area contributed by atoms with Crippen LogP contribution in [0.2, 0.25) is 0 Å². The number of nitrogens with zero attached hydrogens (tertiary/aromatic N) is 2. The van der Waals surface area contributed by atoms with Crippen LogP contribution in [0.15, 0.2) is 24.3 Å². The van der Waals surface area contributed by atoms with Gasteiger partial charge in [0.1, 0.15) is 0 Å². The van der Waals surface area contributed by atoms with Gasteiger partial charge in [0.25, 0.3) is 0 Å². The molecule has 0 aromatic heterocycles. The van der Waals surface area contributed by atoms with Crippen LogP contribution in [-0.2, 0) is 16.5 Å². The van der Waals surface area contributed by atoms with E-state index in [1.54, 1.807) is 4.90 Å². The molecule has 0 aliphatic carbocycles. The molecule has 1 aromatic rings. The number of anilines is 1. The Hall–Kier alpha value is -1.32. The van der Waals surface area contributed by atoms with Crippen molar-refractivity contribution in [1.29, 1.82) is 0 Å². The van der Waals surface area contributed by atoms with Crippen LogP contribution in [0.4, 0.5) is 18.9 Å². The highest BCUT2D eigenvalue weighted by Gasteiger charge is 2.30. The van der Waals surface area contributed by atoms with Gasteiger partial charge in [-0.25, -0.2) is 0 Å². The number of halogens is 3. The molecule has 1 heterocycles. The third kappa shape index (κ3) is 3.41. The van der Waals surface area contributed by atoms with E-state index in [0.29, 0.717) is 18.8 Å². The van der Waals surface area contributed by atoms with E-state index in [-0.39, 0.29) is 13.1 Å². The number of piperazine rings is 1. The maximum absolute atomic E-state index is 12.4. The van der Waals surface area contributed by atoms with Crippen molar-refractivity contribution in [2.75, 3.05) is 31.1 Å². The maximum atomic E-state index is 12.4. The van der Waals surface area contributed by atoms with Crippen LogP contribution in [0.25, 0.3) is 0 Å². The molecule has 1 N–H and O–H groups in total. The van der Waals surface area contributed by atoms with E-state index in [4.69, 9.17) is 4.55 Å². The van der Waals surface area contributed by atoms with Crippen molar-refractivity contribution in [2.45, 2.75) is 6.18 Å². The number of hydrogen-bond donors (Lipinski definition) is 1. The van der Waals surface area contributed by atoms with Crippen molar-refractivity contribution < 1.29 is 26.1 Å². The molecule has 1 fully saturated rings. The van der Waals surface area contributed by atoms with Gasteiger partial charge >= 0.3 is 16.5 Å². The monoisotopic (exact) mass is 310 g/mol. The molecule has 1 aliphatic rings. The summed E-state index contributed by atoms with van der Waals surface area (Å²) in [6.45, 7) is 0.815. The van der Waals surface area contributed by atoms with Crippen molar-refractivity contribution in [3.63, 3.8) is 0 Å². The van der Waals surface area contributed by atoms with E-state index in [0.717, 1.165) is 16.4 Å². The lowest BCUT2D eigenvalue weighted by Crippen LogP contribution is -2.48. The van der Waals surface area contributed by atoms with Crippen LogP contribution >= 0.6 is 0 Å².